The SMILES string of the molecule is C#Cc1c(F)ccc2cc(O)cc(-c3c(F)c4nc(OCC5(CN(C)C)CC5)nc(N5C6CCC5CN(CCCOC)C6)c4c4cn(C)nc34)c12. The second-order valence-corrected chi connectivity index (χ2v) is 14.9. The third-order valence-corrected chi connectivity index (χ3v) is 10.8. The van der Waals surface area contributed by atoms with Crippen molar-refractivity contribution in [3.8, 4) is 35.2 Å². The topological polar surface area (TPSA) is 92.0 Å². The van der Waals surface area contributed by atoms with Gasteiger partial charge in [0.1, 0.15) is 28.4 Å². The molecule has 266 valence electrons. The lowest BCUT2D eigenvalue weighted by Crippen LogP contribution is -2.54. The molecule has 2 atom stereocenters. The van der Waals surface area contributed by atoms with Gasteiger partial charge >= 0.3 is 6.01 Å². The molecule has 8 rings (SSSR count). The zero-order chi connectivity index (χ0) is 35.6. The molecule has 0 spiro atoms. The maximum absolute atomic E-state index is 17.7. The Hall–Kier alpha value is -4.57. The fourth-order valence-corrected chi connectivity index (χ4v) is 8.54. The van der Waals surface area contributed by atoms with Gasteiger partial charge in [-0.05, 0) is 75.3 Å². The molecule has 10 nitrogen and oxygen atoms in total. The maximum Gasteiger partial charge on any atom is 0.319 e. The molecule has 12 heteroatoms. The Kier molecular flexibility index (Phi) is 8.48. The summed E-state index contributed by atoms with van der Waals surface area (Å²) in [7, 11) is 7.61. The fourth-order valence-electron chi connectivity index (χ4n) is 8.54. The van der Waals surface area contributed by atoms with Gasteiger partial charge in [-0.15, -0.1) is 6.42 Å². The molecule has 1 aliphatic carbocycles. The first-order chi connectivity index (χ1) is 24.6. The lowest BCUT2D eigenvalue weighted by molar-refractivity contribution is 0.159. The molecule has 2 saturated heterocycles. The van der Waals surface area contributed by atoms with E-state index in [9.17, 15) is 5.11 Å². The predicted molar refractivity (Wildman–Crippen MR) is 194 cm³/mol. The van der Waals surface area contributed by atoms with Crippen LogP contribution in [-0.2, 0) is 11.8 Å². The van der Waals surface area contributed by atoms with Crippen LogP contribution in [-0.4, -0.2) is 107 Å². The van der Waals surface area contributed by atoms with Crippen LogP contribution >= 0.6 is 0 Å². The number of phenols is 1. The van der Waals surface area contributed by atoms with Crippen molar-refractivity contribution in [1.29, 1.82) is 0 Å². The number of aryl methyl sites for hydroxylation is 1. The number of benzene rings is 3. The monoisotopic (exact) mass is 695 g/mol. The standard InChI is InChI=1S/C39H43F2N7O3/c1-6-27-30(40)11-8-23-16-26(49)17-28(31(23)27)32-34(41)36-33(29-20-46(4)44-35(29)32)37(43-38(42-36)51-22-39(12-13-39)21-45(2)3)48-24-9-10-25(48)19-47(18-24)14-7-15-50-5/h1,8,11,16-17,20,24-25,49H,7,9-10,12-15,18-19,21-22H2,2-5H3. The summed E-state index contributed by atoms with van der Waals surface area (Å²) < 4.78 is 46.2. The summed E-state index contributed by atoms with van der Waals surface area (Å²) in [6.45, 7) is 4.68. The fraction of sp³-hybridized carbons (Fsp3) is 0.462. The van der Waals surface area contributed by atoms with E-state index in [1.165, 1.54) is 24.3 Å². The first-order valence-electron chi connectivity index (χ1n) is 17.7. The van der Waals surface area contributed by atoms with E-state index >= 15 is 8.78 Å². The summed E-state index contributed by atoms with van der Waals surface area (Å²) in [4.78, 5) is 16.9. The molecule has 2 unspecified atom stereocenters. The van der Waals surface area contributed by atoms with Gasteiger partial charge in [0.15, 0.2) is 5.82 Å². The molecular weight excluding hydrogens is 652 g/mol. The maximum atomic E-state index is 17.7. The number of aromatic nitrogens is 4. The highest BCUT2D eigenvalue weighted by Crippen LogP contribution is 2.48. The molecule has 4 heterocycles. The third kappa shape index (κ3) is 5.91. The van der Waals surface area contributed by atoms with Crippen molar-refractivity contribution in [2.45, 2.75) is 44.2 Å². The number of phenolic OH excluding ortho intramolecular Hbond substituents is 1. The molecule has 1 saturated carbocycles. The van der Waals surface area contributed by atoms with Crippen LogP contribution in [0.3, 0.4) is 0 Å². The number of ether oxygens (including phenoxy) is 2. The molecular formula is C39H43F2N7O3. The Morgan fingerprint density at radius 1 is 1.08 bits per heavy atom. The van der Waals surface area contributed by atoms with Crippen molar-refractivity contribution in [1.82, 2.24) is 29.5 Å². The largest absolute Gasteiger partial charge is 0.508 e. The second kappa shape index (κ2) is 12.9. The number of aromatic hydroxyl groups is 1. The number of hydrogen-bond acceptors (Lipinski definition) is 9. The van der Waals surface area contributed by atoms with Gasteiger partial charge in [-0.3, -0.25) is 9.58 Å². The number of rotatable bonds is 11. The normalized spacial score (nSPS) is 19.8. The van der Waals surface area contributed by atoms with Crippen LogP contribution < -0.4 is 9.64 Å². The first kappa shape index (κ1) is 33.6. The summed E-state index contributed by atoms with van der Waals surface area (Å²) in [6, 6.07) is 6.16. The molecule has 1 N–H and O–H groups in total. The van der Waals surface area contributed by atoms with E-state index < -0.39 is 11.6 Å². The number of terminal acetylenes is 1. The van der Waals surface area contributed by atoms with E-state index in [-0.39, 0.29) is 51.5 Å². The number of methoxy groups -OCH3 is 1. The van der Waals surface area contributed by atoms with Gasteiger partial charge in [-0.25, -0.2) is 8.78 Å². The summed E-state index contributed by atoms with van der Waals surface area (Å²) in [6.07, 6.45) is 12.7. The average Bonchev–Trinajstić information content (AvgIpc) is 3.66. The van der Waals surface area contributed by atoms with Crippen LogP contribution in [0.1, 0.15) is 37.7 Å². The smallest absolute Gasteiger partial charge is 0.319 e. The molecule has 3 fully saturated rings. The van der Waals surface area contributed by atoms with Crippen molar-refractivity contribution in [3.05, 3.63) is 47.7 Å². The molecule has 0 amide bonds. The number of anilines is 1. The summed E-state index contributed by atoms with van der Waals surface area (Å²) >= 11 is 0. The van der Waals surface area contributed by atoms with Crippen molar-refractivity contribution in [3.63, 3.8) is 0 Å². The Balaban J connectivity index is 1.35. The molecule has 3 aromatic carbocycles. The second-order valence-electron chi connectivity index (χ2n) is 14.9. The van der Waals surface area contributed by atoms with E-state index in [1.807, 2.05) is 20.3 Å². The quantitative estimate of drug-likeness (QED) is 0.138. The van der Waals surface area contributed by atoms with Crippen LogP contribution in [0, 0.1) is 29.4 Å². The molecule has 0 radical (unpaired) electrons. The molecule has 2 bridgehead atoms. The van der Waals surface area contributed by atoms with Gasteiger partial charge < -0.3 is 24.4 Å². The highest BCUT2D eigenvalue weighted by Gasteiger charge is 2.45. The van der Waals surface area contributed by atoms with Gasteiger partial charge in [-0.2, -0.15) is 15.1 Å². The number of piperazine rings is 1. The zero-order valence-corrected chi connectivity index (χ0v) is 29.5. The Morgan fingerprint density at radius 2 is 1.84 bits per heavy atom. The predicted octanol–water partition coefficient (Wildman–Crippen LogP) is 5.71. The van der Waals surface area contributed by atoms with Crippen LogP contribution in [0.2, 0.25) is 0 Å². The first-order valence-corrected chi connectivity index (χ1v) is 17.7. The molecule has 2 aliphatic heterocycles. The highest BCUT2D eigenvalue weighted by molar-refractivity contribution is 6.18. The third-order valence-electron chi connectivity index (χ3n) is 10.8. The van der Waals surface area contributed by atoms with Crippen LogP contribution in [0.25, 0.3) is 43.7 Å². The van der Waals surface area contributed by atoms with E-state index in [2.05, 4.69) is 20.6 Å². The summed E-state index contributed by atoms with van der Waals surface area (Å²) in [5.74, 6) is 1.70. The average molecular weight is 696 g/mol. The van der Waals surface area contributed by atoms with E-state index in [1.54, 1.807) is 18.8 Å². The van der Waals surface area contributed by atoms with Crippen LogP contribution in [0.5, 0.6) is 11.8 Å². The van der Waals surface area contributed by atoms with Crippen LogP contribution in [0.4, 0.5) is 14.6 Å². The molecule has 51 heavy (non-hydrogen) atoms. The Bertz CT molecular complexity index is 2200. The summed E-state index contributed by atoms with van der Waals surface area (Å²) in [5.41, 5.74) is 0.717. The van der Waals surface area contributed by atoms with Crippen molar-refractivity contribution in [2.75, 3.05) is 65.5 Å². The van der Waals surface area contributed by atoms with Crippen molar-refractivity contribution in [2.24, 2.45) is 12.5 Å². The zero-order valence-electron chi connectivity index (χ0n) is 29.5. The van der Waals surface area contributed by atoms with Gasteiger partial charge in [0.2, 0.25) is 0 Å². The number of halogens is 2. The van der Waals surface area contributed by atoms with Gasteiger partial charge in [0.05, 0.1) is 17.6 Å². The Labute approximate surface area is 295 Å². The minimum atomic E-state index is -0.663. The minimum Gasteiger partial charge on any atom is -0.508 e. The van der Waals surface area contributed by atoms with Crippen molar-refractivity contribution >= 4 is 38.4 Å². The number of hydrogen-bond donors (Lipinski definition) is 1. The van der Waals surface area contributed by atoms with Gasteiger partial charge in [-0.1, -0.05) is 12.0 Å². The minimum absolute atomic E-state index is 0.00201. The highest BCUT2D eigenvalue weighted by atomic mass is 19.1. The lowest BCUT2D eigenvalue weighted by Gasteiger charge is -2.42. The number of likely N-dealkylation sites (tertiary alicyclic amines) is 1. The van der Waals surface area contributed by atoms with Crippen molar-refractivity contribution < 1.29 is 23.4 Å². The Morgan fingerprint density at radius 3 is 2.53 bits per heavy atom. The number of nitrogens with zero attached hydrogens (tertiary/aromatic N) is 7. The summed E-state index contributed by atoms with van der Waals surface area (Å²) in [5, 5.41) is 17.6. The van der Waals surface area contributed by atoms with Gasteiger partial charge in [0.25, 0.3) is 0 Å². The van der Waals surface area contributed by atoms with E-state index in [0.29, 0.717) is 46.1 Å². The molecule has 5 aromatic rings. The van der Waals surface area contributed by atoms with E-state index in [4.69, 9.17) is 31.0 Å². The van der Waals surface area contributed by atoms with Crippen LogP contribution in [0.15, 0.2) is 30.5 Å². The molecule has 2 aromatic heterocycles. The number of fused-ring (bicyclic) bond motifs is 6. The van der Waals surface area contributed by atoms with Gasteiger partial charge in [0, 0.05) is 87.0 Å². The molecule has 3 aliphatic rings. The lowest BCUT2D eigenvalue weighted by atomic mass is 9.91. The van der Waals surface area contributed by atoms with E-state index in [0.717, 1.165) is 58.3 Å².